The number of halogens is 1. The average Bonchev–Trinajstić information content (AvgIpc) is 3.28. The lowest BCUT2D eigenvalue weighted by Crippen LogP contribution is -2.14. The van der Waals surface area contributed by atoms with Crippen molar-refractivity contribution in [1.29, 1.82) is 0 Å². The number of benzene rings is 1. The van der Waals surface area contributed by atoms with E-state index in [1.807, 2.05) is 18.2 Å². The second-order valence-corrected chi connectivity index (χ2v) is 7.96. The van der Waals surface area contributed by atoms with Crippen LogP contribution in [-0.2, 0) is 15.8 Å². The molecule has 118 valence electrons. The van der Waals surface area contributed by atoms with Gasteiger partial charge in [-0.1, -0.05) is 41.9 Å². The molecule has 0 bridgehead atoms. The second-order valence-electron chi connectivity index (χ2n) is 5.76. The number of aromatic nitrogens is 3. The van der Waals surface area contributed by atoms with Crippen molar-refractivity contribution in [2.24, 2.45) is 0 Å². The monoisotopic (exact) mass is 347 g/mol. The molecule has 1 aromatic carbocycles. The summed E-state index contributed by atoms with van der Waals surface area (Å²) < 4.78 is 26.9. The van der Waals surface area contributed by atoms with Gasteiger partial charge in [0.25, 0.3) is 0 Å². The zero-order valence-electron chi connectivity index (χ0n) is 12.2. The highest BCUT2D eigenvalue weighted by Crippen LogP contribution is 2.45. The fourth-order valence-corrected chi connectivity index (χ4v) is 4.46. The van der Waals surface area contributed by atoms with E-state index in [-0.39, 0.29) is 5.75 Å². The molecule has 2 aromatic heterocycles. The summed E-state index contributed by atoms with van der Waals surface area (Å²) >= 11 is 6.20. The van der Waals surface area contributed by atoms with Gasteiger partial charge >= 0.3 is 0 Å². The normalized spacial score (nSPS) is 15.2. The van der Waals surface area contributed by atoms with Gasteiger partial charge in [-0.3, -0.25) is 0 Å². The molecule has 0 amide bonds. The van der Waals surface area contributed by atoms with Crippen molar-refractivity contribution in [3.63, 3.8) is 0 Å². The van der Waals surface area contributed by atoms with Crippen LogP contribution in [0.5, 0.6) is 0 Å². The van der Waals surface area contributed by atoms with Crippen LogP contribution in [0.15, 0.2) is 42.9 Å². The van der Waals surface area contributed by atoms with Crippen LogP contribution in [0.2, 0.25) is 5.15 Å². The molecule has 4 rings (SSSR count). The lowest BCUT2D eigenvalue weighted by atomic mass is 10.2. The van der Waals surface area contributed by atoms with Crippen molar-refractivity contribution in [2.75, 3.05) is 0 Å². The molecule has 0 aliphatic heterocycles. The van der Waals surface area contributed by atoms with Crippen LogP contribution in [0.25, 0.3) is 11.0 Å². The first-order valence-corrected chi connectivity index (χ1v) is 9.33. The molecule has 5 nitrogen and oxygen atoms in total. The average molecular weight is 348 g/mol. The smallest absolute Gasteiger partial charge is 0.227 e. The summed E-state index contributed by atoms with van der Waals surface area (Å²) in [5.41, 5.74) is 2.03. The molecule has 0 saturated heterocycles. The summed E-state index contributed by atoms with van der Waals surface area (Å²) in [7, 11) is -3.57. The Labute approximate surface area is 139 Å². The fourth-order valence-electron chi connectivity index (χ4n) is 2.79. The third-order valence-electron chi connectivity index (χ3n) is 4.04. The number of fused-ring (bicyclic) bond motifs is 1. The summed E-state index contributed by atoms with van der Waals surface area (Å²) in [6.45, 7) is 0. The highest BCUT2D eigenvalue weighted by Gasteiger charge is 2.31. The first-order chi connectivity index (χ1) is 11.1. The van der Waals surface area contributed by atoms with E-state index in [2.05, 4.69) is 9.97 Å². The van der Waals surface area contributed by atoms with Gasteiger partial charge in [-0.25, -0.2) is 22.4 Å². The van der Waals surface area contributed by atoms with Crippen LogP contribution < -0.4 is 0 Å². The maximum Gasteiger partial charge on any atom is 0.244 e. The largest absolute Gasteiger partial charge is 0.244 e. The molecule has 0 atom stereocenters. The summed E-state index contributed by atoms with van der Waals surface area (Å²) in [4.78, 5) is 8.17. The topological polar surface area (TPSA) is 64.8 Å². The molecule has 1 saturated carbocycles. The minimum atomic E-state index is -3.57. The maximum atomic E-state index is 12.8. The molecule has 1 aliphatic rings. The van der Waals surface area contributed by atoms with Crippen LogP contribution in [-0.4, -0.2) is 22.4 Å². The van der Waals surface area contributed by atoms with E-state index in [0.29, 0.717) is 22.1 Å². The van der Waals surface area contributed by atoms with E-state index < -0.39 is 10.0 Å². The van der Waals surface area contributed by atoms with E-state index in [1.165, 1.54) is 10.3 Å². The Bertz CT molecular complexity index is 979. The molecule has 0 radical (unpaired) electrons. The lowest BCUT2D eigenvalue weighted by Gasteiger charge is -2.06. The van der Waals surface area contributed by atoms with E-state index >= 15 is 0 Å². The van der Waals surface area contributed by atoms with Crippen molar-refractivity contribution >= 4 is 32.7 Å². The van der Waals surface area contributed by atoms with Crippen LogP contribution in [0.1, 0.15) is 29.9 Å². The van der Waals surface area contributed by atoms with Crippen LogP contribution >= 0.6 is 11.6 Å². The van der Waals surface area contributed by atoms with Gasteiger partial charge in [-0.15, -0.1) is 0 Å². The Morgan fingerprint density at radius 1 is 1.17 bits per heavy atom. The van der Waals surface area contributed by atoms with Gasteiger partial charge in [0.1, 0.15) is 11.5 Å². The molecular weight excluding hydrogens is 334 g/mol. The summed E-state index contributed by atoms with van der Waals surface area (Å²) in [5, 5.41) is 0.971. The summed E-state index contributed by atoms with van der Waals surface area (Å²) in [6.07, 6.45) is 5.06. The standard InChI is InChI=1S/C16H14ClN3O2S/c17-15-14-13(12-6-7-12)8-20(16(14)19-10-18-15)23(21,22)9-11-4-2-1-3-5-11/h1-5,8,10,12H,6-7,9H2. The Balaban J connectivity index is 1.87. The van der Waals surface area contributed by atoms with Crippen molar-refractivity contribution in [3.8, 4) is 0 Å². The Hall–Kier alpha value is -1.92. The maximum absolute atomic E-state index is 12.8. The Kier molecular flexibility index (Phi) is 3.39. The second kappa shape index (κ2) is 5.32. The van der Waals surface area contributed by atoms with Gasteiger partial charge in [0.05, 0.1) is 11.1 Å². The van der Waals surface area contributed by atoms with Gasteiger partial charge in [-0.05, 0) is 29.9 Å². The van der Waals surface area contributed by atoms with E-state index in [0.717, 1.165) is 24.0 Å². The predicted molar refractivity (Wildman–Crippen MR) is 89.0 cm³/mol. The molecular formula is C16H14ClN3O2S. The Morgan fingerprint density at radius 2 is 1.91 bits per heavy atom. The van der Waals surface area contributed by atoms with Crippen LogP contribution in [0, 0.1) is 0 Å². The third kappa shape index (κ3) is 2.62. The summed E-state index contributed by atoms with van der Waals surface area (Å²) in [5.74, 6) is 0.276. The number of nitrogens with zero attached hydrogens (tertiary/aromatic N) is 3. The van der Waals surface area contributed by atoms with Gasteiger partial charge in [0.2, 0.25) is 10.0 Å². The molecule has 23 heavy (non-hydrogen) atoms. The molecule has 0 spiro atoms. The fraction of sp³-hybridized carbons (Fsp3) is 0.250. The highest BCUT2D eigenvalue weighted by molar-refractivity contribution is 7.89. The van der Waals surface area contributed by atoms with Crippen LogP contribution in [0.4, 0.5) is 0 Å². The van der Waals surface area contributed by atoms with Crippen LogP contribution in [0.3, 0.4) is 0 Å². The quantitative estimate of drug-likeness (QED) is 0.679. The van der Waals surface area contributed by atoms with E-state index in [1.54, 1.807) is 18.3 Å². The zero-order chi connectivity index (χ0) is 16.0. The minimum absolute atomic E-state index is 0.0800. The highest BCUT2D eigenvalue weighted by atomic mass is 35.5. The van der Waals surface area contributed by atoms with Gasteiger partial charge in [0, 0.05) is 6.20 Å². The molecule has 1 aliphatic carbocycles. The van der Waals surface area contributed by atoms with Crippen molar-refractivity contribution in [3.05, 3.63) is 59.1 Å². The minimum Gasteiger partial charge on any atom is -0.227 e. The van der Waals surface area contributed by atoms with Gasteiger partial charge in [-0.2, -0.15) is 0 Å². The predicted octanol–water partition coefficient (Wildman–Crippen LogP) is 3.34. The molecule has 3 aromatic rings. The van der Waals surface area contributed by atoms with E-state index in [4.69, 9.17) is 11.6 Å². The SMILES string of the molecule is O=S(=O)(Cc1ccccc1)n1cc(C2CC2)c2c(Cl)ncnc21. The number of rotatable bonds is 4. The molecule has 1 fully saturated rings. The third-order valence-corrected chi connectivity index (χ3v) is 5.91. The van der Waals surface area contributed by atoms with E-state index in [9.17, 15) is 8.42 Å². The molecule has 0 N–H and O–H groups in total. The summed E-state index contributed by atoms with van der Waals surface area (Å²) in [6, 6.07) is 9.11. The first-order valence-electron chi connectivity index (χ1n) is 7.35. The van der Waals surface area contributed by atoms with Crippen molar-refractivity contribution in [2.45, 2.75) is 24.5 Å². The molecule has 7 heteroatoms. The number of hydrogen-bond donors (Lipinski definition) is 0. The van der Waals surface area contributed by atoms with Gasteiger partial charge in [0.15, 0.2) is 5.65 Å². The lowest BCUT2D eigenvalue weighted by molar-refractivity contribution is 0.588. The van der Waals surface area contributed by atoms with Gasteiger partial charge < -0.3 is 0 Å². The van der Waals surface area contributed by atoms with Crippen molar-refractivity contribution < 1.29 is 8.42 Å². The van der Waals surface area contributed by atoms with Crippen molar-refractivity contribution in [1.82, 2.24) is 13.9 Å². The molecule has 2 heterocycles. The first kappa shape index (κ1) is 14.7. The number of hydrogen-bond acceptors (Lipinski definition) is 4. The molecule has 0 unspecified atom stereocenters. The Morgan fingerprint density at radius 3 is 2.61 bits per heavy atom. The zero-order valence-corrected chi connectivity index (χ0v) is 13.8.